The first kappa shape index (κ1) is 12.7. The predicted molar refractivity (Wildman–Crippen MR) is 72.4 cm³/mol. The summed E-state index contributed by atoms with van der Waals surface area (Å²) in [5.41, 5.74) is 12.0. The molecule has 4 N–H and O–H groups in total. The van der Waals surface area contributed by atoms with Gasteiger partial charge in [0.1, 0.15) is 5.82 Å². The molecule has 2 rings (SSSR count). The number of nitrogens with zero attached hydrogens (tertiary/aromatic N) is 2. The summed E-state index contributed by atoms with van der Waals surface area (Å²) in [4.78, 5) is 18.0. The van der Waals surface area contributed by atoms with Crippen molar-refractivity contribution in [2.45, 2.75) is 32.7 Å². The Balaban J connectivity index is 2.37. The van der Waals surface area contributed by atoms with Crippen molar-refractivity contribution in [1.29, 1.82) is 0 Å². The average Bonchev–Trinajstić information content (AvgIpc) is 3.09. The minimum absolute atomic E-state index is 0.419. The zero-order chi connectivity index (χ0) is 13.3. The molecule has 0 aliphatic heterocycles. The highest BCUT2D eigenvalue weighted by molar-refractivity contribution is 5.98. The van der Waals surface area contributed by atoms with E-state index in [-0.39, 0.29) is 0 Å². The lowest BCUT2D eigenvalue weighted by molar-refractivity contribution is 0.100. The second-order valence-corrected chi connectivity index (χ2v) is 5.28. The van der Waals surface area contributed by atoms with Gasteiger partial charge in [-0.3, -0.25) is 4.79 Å². The number of anilines is 2. The zero-order valence-electron chi connectivity index (χ0n) is 10.9. The van der Waals surface area contributed by atoms with Crippen LogP contribution in [0.4, 0.5) is 11.5 Å². The van der Waals surface area contributed by atoms with Gasteiger partial charge in [0, 0.05) is 12.6 Å². The van der Waals surface area contributed by atoms with E-state index in [1.54, 1.807) is 12.3 Å². The molecule has 0 bridgehead atoms. The summed E-state index contributed by atoms with van der Waals surface area (Å²) < 4.78 is 0. The fraction of sp³-hybridized carbons (Fsp3) is 0.538. The molecule has 1 heterocycles. The molecule has 0 saturated heterocycles. The van der Waals surface area contributed by atoms with Crippen LogP contribution in [0.1, 0.15) is 37.0 Å². The highest BCUT2D eigenvalue weighted by Crippen LogP contribution is 2.33. The molecule has 1 aliphatic carbocycles. The van der Waals surface area contributed by atoms with Crippen LogP contribution >= 0.6 is 0 Å². The minimum atomic E-state index is -0.473. The Morgan fingerprint density at radius 1 is 1.56 bits per heavy atom. The Labute approximate surface area is 107 Å². The van der Waals surface area contributed by atoms with E-state index < -0.39 is 5.91 Å². The third-order valence-corrected chi connectivity index (χ3v) is 2.97. The van der Waals surface area contributed by atoms with Crippen molar-refractivity contribution < 1.29 is 4.79 Å². The molecular weight excluding hydrogens is 228 g/mol. The van der Waals surface area contributed by atoms with Crippen molar-refractivity contribution in [1.82, 2.24) is 4.98 Å². The van der Waals surface area contributed by atoms with Crippen molar-refractivity contribution in [3.8, 4) is 0 Å². The molecule has 98 valence electrons. The highest BCUT2D eigenvalue weighted by Gasteiger charge is 2.32. The smallest absolute Gasteiger partial charge is 0.252 e. The Bertz CT molecular complexity index is 454. The lowest BCUT2D eigenvalue weighted by Gasteiger charge is -2.27. The monoisotopic (exact) mass is 248 g/mol. The van der Waals surface area contributed by atoms with Gasteiger partial charge in [-0.05, 0) is 24.8 Å². The summed E-state index contributed by atoms with van der Waals surface area (Å²) in [6.45, 7) is 5.18. The van der Waals surface area contributed by atoms with Gasteiger partial charge in [0.2, 0.25) is 0 Å². The summed E-state index contributed by atoms with van der Waals surface area (Å²) in [5, 5.41) is 0. The van der Waals surface area contributed by atoms with E-state index in [1.807, 2.05) is 0 Å². The molecule has 0 radical (unpaired) electrons. The molecule has 1 aromatic heterocycles. The van der Waals surface area contributed by atoms with Crippen LogP contribution in [0.2, 0.25) is 0 Å². The average molecular weight is 248 g/mol. The minimum Gasteiger partial charge on any atom is -0.397 e. The van der Waals surface area contributed by atoms with Crippen LogP contribution in [0.15, 0.2) is 12.3 Å². The second-order valence-electron chi connectivity index (χ2n) is 5.28. The number of rotatable bonds is 5. The lowest BCUT2D eigenvalue weighted by atomic mass is 10.1. The Morgan fingerprint density at radius 2 is 2.22 bits per heavy atom. The van der Waals surface area contributed by atoms with E-state index in [2.05, 4.69) is 23.7 Å². The van der Waals surface area contributed by atoms with E-state index in [4.69, 9.17) is 11.5 Å². The third kappa shape index (κ3) is 2.72. The van der Waals surface area contributed by atoms with Gasteiger partial charge in [-0.2, -0.15) is 0 Å². The SMILES string of the molecule is CC(C)CN(c1ncc(N)cc1C(N)=O)C1CC1. The molecule has 5 nitrogen and oxygen atoms in total. The number of carbonyl (C=O) groups excluding carboxylic acids is 1. The molecule has 0 atom stereocenters. The summed E-state index contributed by atoms with van der Waals surface area (Å²) in [5.74, 6) is 0.706. The van der Waals surface area contributed by atoms with E-state index in [0.717, 1.165) is 19.4 Å². The Hall–Kier alpha value is -1.78. The highest BCUT2D eigenvalue weighted by atomic mass is 16.1. The maximum absolute atomic E-state index is 11.5. The largest absolute Gasteiger partial charge is 0.397 e. The van der Waals surface area contributed by atoms with Crippen LogP contribution in [0, 0.1) is 5.92 Å². The van der Waals surface area contributed by atoms with E-state index >= 15 is 0 Å². The van der Waals surface area contributed by atoms with Crippen molar-refractivity contribution in [3.63, 3.8) is 0 Å². The van der Waals surface area contributed by atoms with Crippen LogP contribution in [-0.4, -0.2) is 23.5 Å². The third-order valence-electron chi connectivity index (χ3n) is 2.97. The first-order chi connectivity index (χ1) is 8.49. The summed E-state index contributed by atoms with van der Waals surface area (Å²) in [6.07, 6.45) is 3.88. The predicted octanol–water partition coefficient (Wildman–Crippen LogP) is 1.39. The quantitative estimate of drug-likeness (QED) is 0.824. The number of hydrogen-bond donors (Lipinski definition) is 2. The first-order valence-electron chi connectivity index (χ1n) is 6.31. The molecular formula is C13H20N4O. The fourth-order valence-corrected chi connectivity index (χ4v) is 2.07. The number of aromatic nitrogens is 1. The number of primary amides is 1. The standard InChI is InChI=1S/C13H20N4O/c1-8(2)7-17(10-3-4-10)13-11(12(15)18)5-9(14)6-16-13/h5-6,8,10H,3-4,7,14H2,1-2H3,(H2,15,18). The summed E-state index contributed by atoms with van der Waals surface area (Å²) in [6, 6.07) is 2.10. The summed E-state index contributed by atoms with van der Waals surface area (Å²) >= 11 is 0. The van der Waals surface area contributed by atoms with Crippen molar-refractivity contribution in [2.75, 3.05) is 17.2 Å². The van der Waals surface area contributed by atoms with Crippen molar-refractivity contribution >= 4 is 17.4 Å². The zero-order valence-corrected chi connectivity index (χ0v) is 10.9. The van der Waals surface area contributed by atoms with E-state index in [1.165, 1.54) is 0 Å². The van der Waals surface area contributed by atoms with Crippen LogP contribution in [0.25, 0.3) is 0 Å². The number of carbonyl (C=O) groups is 1. The molecule has 1 fully saturated rings. The molecule has 1 amide bonds. The second kappa shape index (κ2) is 4.84. The topological polar surface area (TPSA) is 85.2 Å². The molecule has 18 heavy (non-hydrogen) atoms. The van der Waals surface area contributed by atoms with E-state index in [0.29, 0.717) is 29.0 Å². The first-order valence-corrected chi connectivity index (χ1v) is 6.31. The molecule has 1 aromatic rings. The van der Waals surface area contributed by atoms with E-state index in [9.17, 15) is 4.79 Å². The number of amides is 1. The van der Waals surface area contributed by atoms with Crippen LogP contribution in [-0.2, 0) is 0 Å². The molecule has 0 spiro atoms. The maximum Gasteiger partial charge on any atom is 0.252 e. The fourth-order valence-electron chi connectivity index (χ4n) is 2.07. The lowest BCUT2D eigenvalue weighted by Crippen LogP contribution is -2.33. The molecule has 5 heteroatoms. The number of hydrogen-bond acceptors (Lipinski definition) is 4. The van der Waals surface area contributed by atoms with Crippen LogP contribution in [0.5, 0.6) is 0 Å². The molecule has 1 aliphatic rings. The molecule has 1 saturated carbocycles. The van der Waals surface area contributed by atoms with Gasteiger partial charge in [0.15, 0.2) is 0 Å². The van der Waals surface area contributed by atoms with Crippen molar-refractivity contribution in [2.24, 2.45) is 11.7 Å². The van der Waals surface area contributed by atoms with Crippen LogP contribution in [0.3, 0.4) is 0 Å². The van der Waals surface area contributed by atoms with Gasteiger partial charge >= 0.3 is 0 Å². The van der Waals surface area contributed by atoms with Gasteiger partial charge in [0.05, 0.1) is 17.4 Å². The van der Waals surface area contributed by atoms with Gasteiger partial charge in [-0.1, -0.05) is 13.8 Å². The van der Waals surface area contributed by atoms with Gasteiger partial charge in [0.25, 0.3) is 5.91 Å². The summed E-state index contributed by atoms with van der Waals surface area (Å²) in [7, 11) is 0. The van der Waals surface area contributed by atoms with Gasteiger partial charge in [-0.15, -0.1) is 0 Å². The van der Waals surface area contributed by atoms with Crippen molar-refractivity contribution in [3.05, 3.63) is 17.8 Å². The van der Waals surface area contributed by atoms with Gasteiger partial charge < -0.3 is 16.4 Å². The van der Waals surface area contributed by atoms with Crippen LogP contribution < -0.4 is 16.4 Å². The number of nitrogen functional groups attached to an aromatic ring is 1. The molecule has 0 aromatic carbocycles. The van der Waals surface area contributed by atoms with Gasteiger partial charge in [-0.25, -0.2) is 4.98 Å². The Kier molecular flexibility index (Phi) is 3.41. The maximum atomic E-state index is 11.5. The number of pyridine rings is 1. The Morgan fingerprint density at radius 3 is 2.72 bits per heavy atom. The molecule has 0 unspecified atom stereocenters. The normalized spacial score (nSPS) is 14.8. The number of nitrogens with two attached hydrogens (primary N) is 2.